The predicted octanol–water partition coefficient (Wildman–Crippen LogP) is 3.19. The third-order valence-corrected chi connectivity index (χ3v) is 5.60. The van der Waals surface area contributed by atoms with Crippen LogP contribution in [0, 0.1) is 5.92 Å². The number of carboxylic acid groups (broad SMARTS) is 1. The van der Waals surface area contributed by atoms with Gasteiger partial charge in [-0.3, -0.25) is 4.79 Å². The molecule has 0 spiro atoms. The maximum absolute atomic E-state index is 12.8. The van der Waals surface area contributed by atoms with E-state index in [-0.39, 0.29) is 5.91 Å². The number of hydrogen-bond donors (Lipinski definition) is 1. The van der Waals surface area contributed by atoms with Crippen molar-refractivity contribution in [3.05, 3.63) is 40.6 Å². The molecular formula is C19H25F3N4O3S. The van der Waals surface area contributed by atoms with Crippen LogP contribution in [0.2, 0.25) is 0 Å². The van der Waals surface area contributed by atoms with E-state index in [2.05, 4.69) is 28.3 Å². The monoisotopic (exact) mass is 446 g/mol. The zero-order valence-electron chi connectivity index (χ0n) is 16.8. The van der Waals surface area contributed by atoms with Gasteiger partial charge < -0.3 is 19.5 Å². The zero-order valence-corrected chi connectivity index (χ0v) is 17.6. The summed E-state index contributed by atoms with van der Waals surface area (Å²) >= 11 is 1.51. The summed E-state index contributed by atoms with van der Waals surface area (Å²) in [4.78, 5) is 31.3. The van der Waals surface area contributed by atoms with Crippen LogP contribution in [0.1, 0.15) is 29.3 Å². The third kappa shape index (κ3) is 6.56. The van der Waals surface area contributed by atoms with Crippen molar-refractivity contribution in [3.8, 4) is 0 Å². The highest BCUT2D eigenvalue weighted by Crippen LogP contribution is 2.20. The van der Waals surface area contributed by atoms with E-state index < -0.39 is 12.1 Å². The Morgan fingerprint density at radius 3 is 2.50 bits per heavy atom. The minimum Gasteiger partial charge on any atom is -0.475 e. The third-order valence-electron chi connectivity index (χ3n) is 4.74. The highest BCUT2D eigenvalue weighted by Gasteiger charge is 2.38. The number of aromatic nitrogens is 2. The van der Waals surface area contributed by atoms with Gasteiger partial charge in [-0.25, -0.2) is 9.78 Å². The standard InChI is InChI=1S/C17H24N4OS.C2HF3O2/c1-3-19(4-2)10-14-11-20-8-7-18-16(20)13-21(12-14)17(22)15-6-5-9-23-15;3-2(4,5)1(6)7/h5-9,14H,3-4,10-13H2,1-2H3;(H,6,7). The van der Waals surface area contributed by atoms with Gasteiger partial charge in [0.05, 0.1) is 11.4 Å². The van der Waals surface area contributed by atoms with Crippen LogP contribution in [0.4, 0.5) is 13.2 Å². The summed E-state index contributed by atoms with van der Waals surface area (Å²) in [7, 11) is 0. The van der Waals surface area contributed by atoms with E-state index in [0.717, 1.165) is 43.4 Å². The summed E-state index contributed by atoms with van der Waals surface area (Å²) in [6.45, 7) is 9.80. The van der Waals surface area contributed by atoms with Gasteiger partial charge in [0.25, 0.3) is 5.91 Å². The van der Waals surface area contributed by atoms with E-state index >= 15 is 0 Å². The first-order valence-corrected chi connectivity index (χ1v) is 10.4. The first-order chi connectivity index (χ1) is 14.2. The van der Waals surface area contributed by atoms with Crippen molar-refractivity contribution in [3.63, 3.8) is 0 Å². The largest absolute Gasteiger partial charge is 0.490 e. The molecule has 0 saturated heterocycles. The van der Waals surface area contributed by atoms with Gasteiger partial charge in [0, 0.05) is 37.9 Å². The minimum atomic E-state index is -5.08. The van der Waals surface area contributed by atoms with Crippen LogP contribution >= 0.6 is 11.3 Å². The topological polar surface area (TPSA) is 78.7 Å². The Kier molecular flexibility index (Phi) is 8.42. The van der Waals surface area contributed by atoms with Crippen molar-refractivity contribution >= 4 is 23.2 Å². The number of thiophene rings is 1. The fraction of sp³-hybridized carbons (Fsp3) is 0.526. The fourth-order valence-electron chi connectivity index (χ4n) is 3.21. The molecule has 3 rings (SSSR count). The van der Waals surface area contributed by atoms with Gasteiger partial charge in [-0.2, -0.15) is 13.2 Å². The normalized spacial score (nSPS) is 16.5. The molecule has 3 heterocycles. The number of halogens is 3. The van der Waals surface area contributed by atoms with Gasteiger partial charge in [0.1, 0.15) is 5.82 Å². The number of fused-ring (bicyclic) bond motifs is 1. The number of rotatable bonds is 5. The summed E-state index contributed by atoms with van der Waals surface area (Å²) < 4.78 is 33.9. The zero-order chi connectivity index (χ0) is 22.3. The van der Waals surface area contributed by atoms with Crippen molar-refractivity contribution in [2.75, 3.05) is 26.2 Å². The van der Waals surface area contributed by atoms with Gasteiger partial charge >= 0.3 is 12.1 Å². The van der Waals surface area contributed by atoms with Gasteiger partial charge in [0.15, 0.2) is 0 Å². The molecule has 0 radical (unpaired) electrons. The smallest absolute Gasteiger partial charge is 0.475 e. The molecule has 1 atom stereocenters. The molecule has 1 aliphatic heterocycles. The Hall–Kier alpha value is -2.40. The Bertz CT molecular complexity index is 819. The minimum absolute atomic E-state index is 0.126. The van der Waals surface area contributed by atoms with Gasteiger partial charge in [0.2, 0.25) is 0 Å². The average molecular weight is 446 g/mol. The molecule has 11 heteroatoms. The molecule has 1 unspecified atom stereocenters. The lowest BCUT2D eigenvalue weighted by atomic mass is 10.1. The molecule has 0 fully saturated rings. The van der Waals surface area contributed by atoms with Crippen LogP contribution in [0.25, 0.3) is 0 Å². The quantitative estimate of drug-likeness (QED) is 0.763. The Balaban J connectivity index is 0.000000396. The van der Waals surface area contributed by atoms with Crippen LogP contribution < -0.4 is 0 Å². The highest BCUT2D eigenvalue weighted by atomic mass is 32.1. The van der Waals surface area contributed by atoms with E-state index in [9.17, 15) is 18.0 Å². The van der Waals surface area contributed by atoms with Crippen LogP contribution in [-0.2, 0) is 17.9 Å². The average Bonchev–Trinajstić information content (AvgIpc) is 3.34. The molecular weight excluding hydrogens is 421 g/mol. The molecule has 30 heavy (non-hydrogen) atoms. The lowest BCUT2D eigenvalue weighted by Gasteiger charge is -2.28. The molecule has 1 N–H and O–H groups in total. The van der Waals surface area contributed by atoms with E-state index in [1.807, 2.05) is 34.8 Å². The Morgan fingerprint density at radius 2 is 1.97 bits per heavy atom. The van der Waals surface area contributed by atoms with Crippen molar-refractivity contribution < 1.29 is 27.9 Å². The lowest BCUT2D eigenvalue weighted by molar-refractivity contribution is -0.192. The van der Waals surface area contributed by atoms with Gasteiger partial charge in [-0.1, -0.05) is 19.9 Å². The van der Waals surface area contributed by atoms with Crippen LogP contribution in [0.5, 0.6) is 0 Å². The van der Waals surface area contributed by atoms with Crippen LogP contribution in [0.3, 0.4) is 0 Å². The highest BCUT2D eigenvalue weighted by molar-refractivity contribution is 7.12. The number of carboxylic acids is 1. The van der Waals surface area contributed by atoms with Crippen molar-refractivity contribution in [2.45, 2.75) is 33.1 Å². The number of aliphatic carboxylic acids is 1. The second-order valence-electron chi connectivity index (χ2n) is 6.81. The number of hydrogen-bond acceptors (Lipinski definition) is 5. The molecule has 7 nitrogen and oxygen atoms in total. The molecule has 1 aliphatic rings. The number of alkyl halides is 3. The van der Waals surface area contributed by atoms with Crippen molar-refractivity contribution in [2.24, 2.45) is 5.92 Å². The van der Waals surface area contributed by atoms with Crippen LogP contribution in [0.15, 0.2) is 29.9 Å². The summed E-state index contributed by atoms with van der Waals surface area (Å²) in [5.41, 5.74) is 0. The van der Waals surface area contributed by atoms with E-state index in [4.69, 9.17) is 9.90 Å². The molecule has 1 amide bonds. The van der Waals surface area contributed by atoms with E-state index in [0.29, 0.717) is 12.5 Å². The number of carbonyl (C=O) groups is 2. The molecule has 0 saturated carbocycles. The summed E-state index contributed by atoms with van der Waals surface area (Å²) in [6, 6.07) is 3.84. The molecule has 2 aromatic rings. The number of carbonyl (C=O) groups excluding carboxylic acids is 1. The van der Waals surface area contributed by atoms with Gasteiger partial charge in [-0.15, -0.1) is 11.3 Å². The number of amides is 1. The van der Waals surface area contributed by atoms with E-state index in [1.54, 1.807) is 0 Å². The Morgan fingerprint density at radius 1 is 1.30 bits per heavy atom. The number of imidazole rings is 1. The first-order valence-electron chi connectivity index (χ1n) is 9.50. The van der Waals surface area contributed by atoms with E-state index in [1.165, 1.54) is 11.3 Å². The summed E-state index contributed by atoms with van der Waals surface area (Å²) in [5.74, 6) is -1.22. The summed E-state index contributed by atoms with van der Waals surface area (Å²) in [6.07, 6.45) is -1.22. The number of nitrogens with zero attached hydrogens (tertiary/aromatic N) is 4. The SMILES string of the molecule is CCN(CC)CC1CN(C(=O)c2cccs2)Cc2nccn2C1.O=C(O)C(F)(F)F. The Labute approximate surface area is 176 Å². The second-order valence-corrected chi connectivity index (χ2v) is 7.76. The summed E-state index contributed by atoms with van der Waals surface area (Å²) in [5, 5.41) is 9.08. The molecule has 0 aliphatic carbocycles. The maximum Gasteiger partial charge on any atom is 0.490 e. The molecule has 166 valence electrons. The molecule has 2 aromatic heterocycles. The molecule has 0 bridgehead atoms. The fourth-order valence-corrected chi connectivity index (χ4v) is 3.90. The maximum atomic E-state index is 12.8. The van der Waals surface area contributed by atoms with Crippen molar-refractivity contribution in [1.82, 2.24) is 19.4 Å². The predicted molar refractivity (Wildman–Crippen MR) is 106 cm³/mol. The first kappa shape index (κ1) is 23.9. The van der Waals surface area contributed by atoms with Gasteiger partial charge in [-0.05, 0) is 24.5 Å². The van der Waals surface area contributed by atoms with Crippen molar-refractivity contribution in [1.29, 1.82) is 0 Å². The molecule has 0 aromatic carbocycles. The van der Waals surface area contributed by atoms with Crippen LogP contribution in [-0.4, -0.2) is 68.7 Å². The lowest BCUT2D eigenvalue weighted by Crippen LogP contribution is -2.39. The second kappa shape index (κ2) is 10.6.